The summed E-state index contributed by atoms with van der Waals surface area (Å²) in [5.41, 5.74) is 0. The number of ether oxygens (including phenoxy) is 1. The Labute approximate surface area is 110 Å². The van der Waals surface area contributed by atoms with Gasteiger partial charge >= 0.3 is 0 Å². The monoisotopic (exact) mass is 254 g/mol. The Bertz CT molecular complexity index is 325. The van der Waals surface area contributed by atoms with Gasteiger partial charge in [-0.15, -0.1) is 0 Å². The number of nitrogens with zero attached hydrogens (tertiary/aromatic N) is 1. The van der Waals surface area contributed by atoms with Gasteiger partial charge in [0.15, 0.2) is 0 Å². The summed E-state index contributed by atoms with van der Waals surface area (Å²) in [6.07, 6.45) is 1.15. The van der Waals surface area contributed by atoms with Gasteiger partial charge in [-0.05, 0) is 39.1 Å². The molecule has 0 amide bonds. The zero-order valence-corrected chi connectivity index (χ0v) is 12.0. The summed E-state index contributed by atoms with van der Waals surface area (Å²) in [5, 5.41) is 3.44. The number of hydrogen-bond acceptors (Lipinski definition) is 4. The lowest BCUT2D eigenvalue weighted by molar-refractivity contribution is 0.0972. The number of hydrogen-bond donors (Lipinski definition) is 1. The van der Waals surface area contributed by atoms with Gasteiger partial charge in [0.1, 0.15) is 11.5 Å². The van der Waals surface area contributed by atoms with Gasteiger partial charge < -0.3 is 14.5 Å². The molecule has 18 heavy (non-hydrogen) atoms. The van der Waals surface area contributed by atoms with Crippen LogP contribution >= 0.6 is 0 Å². The highest BCUT2D eigenvalue weighted by atomic mass is 16.5. The fraction of sp³-hybridized carbons (Fsp3) is 0.714. The van der Waals surface area contributed by atoms with Crippen LogP contribution in [-0.4, -0.2) is 44.8 Å². The molecule has 0 saturated heterocycles. The van der Waals surface area contributed by atoms with Crippen LogP contribution in [0.2, 0.25) is 0 Å². The van der Waals surface area contributed by atoms with Crippen molar-refractivity contribution in [2.45, 2.75) is 32.9 Å². The largest absolute Gasteiger partial charge is 0.465 e. The van der Waals surface area contributed by atoms with E-state index >= 15 is 0 Å². The Morgan fingerprint density at radius 3 is 2.78 bits per heavy atom. The number of aryl methyl sites for hydroxylation is 1. The molecule has 1 aromatic rings. The Kier molecular flexibility index (Phi) is 7.01. The molecule has 4 heteroatoms. The first-order valence-electron chi connectivity index (χ1n) is 6.62. The molecular weight excluding hydrogens is 228 g/mol. The average Bonchev–Trinajstić information content (AvgIpc) is 2.74. The second-order valence-corrected chi connectivity index (χ2v) is 4.74. The van der Waals surface area contributed by atoms with Crippen molar-refractivity contribution in [1.82, 2.24) is 10.2 Å². The van der Waals surface area contributed by atoms with Gasteiger partial charge in [0.25, 0.3) is 0 Å². The van der Waals surface area contributed by atoms with Gasteiger partial charge in [-0.2, -0.15) is 0 Å². The highest BCUT2D eigenvalue weighted by Crippen LogP contribution is 2.10. The van der Waals surface area contributed by atoms with Gasteiger partial charge in [-0.3, -0.25) is 4.90 Å². The van der Waals surface area contributed by atoms with Crippen LogP contribution in [0.25, 0.3) is 0 Å². The molecule has 1 aromatic heterocycles. The lowest BCUT2D eigenvalue weighted by Gasteiger charge is -2.27. The SMILES string of the molecule is CCCNCC(COC)N(C)Cc1ccc(C)o1. The molecule has 1 rings (SSSR count). The molecule has 1 unspecified atom stereocenters. The smallest absolute Gasteiger partial charge is 0.118 e. The molecule has 0 radical (unpaired) electrons. The van der Waals surface area contributed by atoms with Crippen molar-refractivity contribution in [2.75, 3.05) is 33.9 Å². The summed E-state index contributed by atoms with van der Waals surface area (Å²) in [5.74, 6) is 1.97. The molecule has 1 heterocycles. The molecule has 0 bridgehead atoms. The third-order valence-corrected chi connectivity index (χ3v) is 2.99. The molecule has 0 saturated carbocycles. The second-order valence-electron chi connectivity index (χ2n) is 4.74. The van der Waals surface area contributed by atoms with Crippen molar-refractivity contribution in [2.24, 2.45) is 0 Å². The van der Waals surface area contributed by atoms with Crippen molar-refractivity contribution in [1.29, 1.82) is 0 Å². The minimum absolute atomic E-state index is 0.368. The molecule has 104 valence electrons. The van der Waals surface area contributed by atoms with Crippen molar-refractivity contribution in [3.8, 4) is 0 Å². The molecule has 0 spiro atoms. The summed E-state index contributed by atoms with van der Waals surface area (Å²) < 4.78 is 10.9. The van der Waals surface area contributed by atoms with Gasteiger partial charge in [-0.25, -0.2) is 0 Å². The van der Waals surface area contributed by atoms with E-state index in [1.165, 1.54) is 0 Å². The summed E-state index contributed by atoms with van der Waals surface area (Å²) >= 11 is 0. The Morgan fingerprint density at radius 2 is 2.22 bits per heavy atom. The molecule has 0 aliphatic carbocycles. The van der Waals surface area contributed by atoms with E-state index in [4.69, 9.17) is 9.15 Å². The molecule has 1 atom stereocenters. The van der Waals surface area contributed by atoms with Crippen molar-refractivity contribution in [3.63, 3.8) is 0 Å². The van der Waals surface area contributed by atoms with E-state index in [-0.39, 0.29) is 0 Å². The van der Waals surface area contributed by atoms with E-state index in [1.807, 2.05) is 19.1 Å². The topological polar surface area (TPSA) is 37.6 Å². The van der Waals surface area contributed by atoms with E-state index in [9.17, 15) is 0 Å². The van der Waals surface area contributed by atoms with E-state index in [0.29, 0.717) is 6.04 Å². The first-order valence-corrected chi connectivity index (χ1v) is 6.62. The fourth-order valence-corrected chi connectivity index (χ4v) is 1.92. The Morgan fingerprint density at radius 1 is 1.44 bits per heavy atom. The van der Waals surface area contributed by atoms with Gasteiger partial charge in [-0.1, -0.05) is 6.92 Å². The fourth-order valence-electron chi connectivity index (χ4n) is 1.92. The van der Waals surface area contributed by atoms with Gasteiger partial charge in [0.2, 0.25) is 0 Å². The van der Waals surface area contributed by atoms with Crippen LogP contribution < -0.4 is 5.32 Å². The molecule has 0 aromatic carbocycles. The zero-order chi connectivity index (χ0) is 13.4. The quantitative estimate of drug-likeness (QED) is 0.684. The molecule has 4 nitrogen and oxygen atoms in total. The maximum Gasteiger partial charge on any atom is 0.118 e. The van der Waals surface area contributed by atoms with Crippen LogP contribution in [0.4, 0.5) is 0 Å². The lowest BCUT2D eigenvalue weighted by atomic mass is 10.2. The molecule has 0 aliphatic rings. The number of nitrogens with one attached hydrogen (secondary N) is 1. The number of furan rings is 1. The number of methoxy groups -OCH3 is 1. The summed E-state index contributed by atoms with van der Waals surface area (Å²) in [6.45, 7) is 7.68. The summed E-state index contributed by atoms with van der Waals surface area (Å²) in [6, 6.07) is 4.41. The van der Waals surface area contributed by atoms with Crippen LogP contribution in [0, 0.1) is 6.92 Å². The van der Waals surface area contributed by atoms with E-state index in [1.54, 1.807) is 7.11 Å². The van der Waals surface area contributed by atoms with Crippen LogP contribution in [0.3, 0.4) is 0 Å². The maximum absolute atomic E-state index is 5.61. The predicted molar refractivity (Wildman–Crippen MR) is 73.7 cm³/mol. The van der Waals surface area contributed by atoms with Gasteiger partial charge in [0, 0.05) is 19.7 Å². The molecule has 1 N–H and O–H groups in total. The highest BCUT2D eigenvalue weighted by molar-refractivity contribution is 5.05. The standard InChI is InChI=1S/C14H26N2O2/c1-5-8-15-9-13(11-17-4)16(3)10-14-7-6-12(2)18-14/h6-7,13,15H,5,8-11H2,1-4H3. The molecule has 0 aliphatic heterocycles. The van der Waals surface area contributed by atoms with Crippen LogP contribution in [0.15, 0.2) is 16.5 Å². The minimum atomic E-state index is 0.368. The van der Waals surface area contributed by atoms with E-state index in [0.717, 1.165) is 44.2 Å². The molecule has 0 fully saturated rings. The number of rotatable bonds is 9. The minimum Gasteiger partial charge on any atom is -0.465 e. The van der Waals surface area contributed by atoms with Gasteiger partial charge in [0.05, 0.1) is 13.2 Å². The summed E-state index contributed by atoms with van der Waals surface area (Å²) in [7, 11) is 3.85. The first-order chi connectivity index (χ1) is 8.67. The normalized spacial score (nSPS) is 13.2. The highest BCUT2D eigenvalue weighted by Gasteiger charge is 2.15. The van der Waals surface area contributed by atoms with Crippen molar-refractivity contribution in [3.05, 3.63) is 23.7 Å². The van der Waals surface area contributed by atoms with E-state index in [2.05, 4.69) is 24.2 Å². The average molecular weight is 254 g/mol. The van der Waals surface area contributed by atoms with Crippen molar-refractivity contribution >= 4 is 0 Å². The Balaban J connectivity index is 2.44. The van der Waals surface area contributed by atoms with Crippen LogP contribution in [-0.2, 0) is 11.3 Å². The summed E-state index contributed by atoms with van der Waals surface area (Å²) in [4.78, 5) is 2.27. The third kappa shape index (κ3) is 5.21. The Hall–Kier alpha value is -0.840. The number of likely N-dealkylation sites (N-methyl/N-ethyl adjacent to an activating group) is 1. The predicted octanol–water partition coefficient (Wildman–Crippen LogP) is 2.03. The molecular formula is C14H26N2O2. The van der Waals surface area contributed by atoms with E-state index < -0.39 is 0 Å². The van der Waals surface area contributed by atoms with Crippen molar-refractivity contribution < 1.29 is 9.15 Å². The first kappa shape index (κ1) is 15.2. The van der Waals surface area contributed by atoms with Crippen LogP contribution in [0.5, 0.6) is 0 Å². The van der Waals surface area contributed by atoms with Crippen LogP contribution in [0.1, 0.15) is 24.9 Å². The lowest BCUT2D eigenvalue weighted by Crippen LogP contribution is -2.42. The maximum atomic E-state index is 5.61. The third-order valence-electron chi connectivity index (χ3n) is 2.99. The second kappa shape index (κ2) is 8.29. The zero-order valence-electron chi connectivity index (χ0n) is 12.0.